The third-order valence-corrected chi connectivity index (χ3v) is 4.04. The molecule has 0 N–H and O–H groups in total. The minimum Gasteiger partial charge on any atom is -0.497 e. The molecule has 22 heavy (non-hydrogen) atoms. The SMILES string of the molecule is COc1cccc(OCc2nn3c(=O)cc(CCl)nc3s2)c1. The van der Waals surface area contributed by atoms with Crippen LogP contribution in [0.2, 0.25) is 0 Å². The molecular formula is C14H12ClN3O3S. The predicted octanol–water partition coefficient (Wildman–Crippen LogP) is 2.48. The van der Waals surface area contributed by atoms with Gasteiger partial charge in [-0.1, -0.05) is 17.4 Å². The van der Waals surface area contributed by atoms with E-state index in [0.717, 1.165) is 0 Å². The summed E-state index contributed by atoms with van der Waals surface area (Å²) in [7, 11) is 1.60. The Morgan fingerprint density at radius 3 is 2.91 bits per heavy atom. The molecule has 0 aliphatic carbocycles. The quantitative estimate of drug-likeness (QED) is 0.669. The summed E-state index contributed by atoms with van der Waals surface area (Å²) in [6, 6.07) is 8.66. The standard InChI is InChI=1S/C14H12ClN3O3S/c1-20-10-3-2-4-11(6-10)21-8-12-17-18-13(19)5-9(7-15)16-14(18)22-12/h2-6H,7-8H2,1H3. The minimum absolute atomic E-state index is 0.194. The molecule has 0 bridgehead atoms. The lowest BCUT2D eigenvalue weighted by atomic mass is 10.3. The first kappa shape index (κ1) is 14.8. The molecule has 8 heteroatoms. The number of aromatic nitrogens is 3. The lowest BCUT2D eigenvalue weighted by Gasteiger charge is -2.05. The van der Waals surface area contributed by atoms with E-state index in [-0.39, 0.29) is 18.0 Å². The number of nitrogens with zero attached hydrogens (tertiary/aromatic N) is 3. The maximum atomic E-state index is 11.9. The third kappa shape index (κ3) is 3.05. The van der Waals surface area contributed by atoms with E-state index >= 15 is 0 Å². The fourth-order valence-corrected chi connectivity index (χ4v) is 2.83. The van der Waals surface area contributed by atoms with Crippen molar-refractivity contribution in [2.45, 2.75) is 12.5 Å². The number of rotatable bonds is 5. The van der Waals surface area contributed by atoms with Crippen LogP contribution in [-0.4, -0.2) is 21.7 Å². The van der Waals surface area contributed by atoms with Gasteiger partial charge in [0.25, 0.3) is 5.56 Å². The third-order valence-electron chi connectivity index (χ3n) is 2.88. The molecule has 0 saturated carbocycles. The van der Waals surface area contributed by atoms with Gasteiger partial charge in [0.15, 0.2) is 5.01 Å². The van der Waals surface area contributed by atoms with Crippen molar-refractivity contribution in [1.29, 1.82) is 0 Å². The summed E-state index contributed by atoms with van der Waals surface area (Å²) in [6.07, 6.45) is 0. The summed E-state index contributed by atoms with van der Waals surface area (Å²) in [5.41, 5.74) is 0.292. The Balaban J connectivity index is 1.82. The van der Waals surface area contributed by atoms with Gasteiger partial charge in [-0.15, -0.1) is 11.6 Å². The van der Waals surface area contributed by atoms with E-state index in [9.17, 15) is 4.79 Å². The van der Waals surface area contributed by atoms with Gasteiger partial charge in [-0.25, -0.2) is 4.98 Å². The van der Waals surface area contributed by atoms with Crippen LogP contribution in [0, 0.1) is 0 Å². The number of alkyl halides is 1. The second kappa shape index (κ2) is 6.33. The molecule has 3 aromatic rings. The average Bonchev–Trinajstić information content (AvgIpc) is 2.96. The highest BCUT2D eigenvalue weighted by atomic mass is 35.5. The van der Waals surface area contributed by atoms with Crippen molar-refractivity contribution in [2.75, 3.05) is 7.11 Å². The Bertz CT molecular complexity index is 862. The molecule has 3 rings (SSSR count). The first-order valence-corrected chi connectivity index (χ1v) is 7.76. The van der Waals surface area contributed by atoms with Gasteiger partial charge in [-0.05, 0) is 12.1 Å². The summed E-state index contributed by atoms with van der Waals surface area (Å²) in [4.78, 5) is 16.7. The highest BCUT2D eigenvalue weighted by Gasteiger charge is 2.09. The number of fused-ring (bicyclic) bond motifs is 1. The number of hydrogen-bond donors (Lipinski definition) is 0. The molecular weight excluding hydrogens is 326 g/mol. The van der Waals surface area contributed by atoms with Gasteiger partial charge in [0, 0.05) is 12.1 Å². The largest absolute Gasteiger partial charge is 0.497 e. The van der Waals surface area contributed by atoms with Crippen molar-refractivity contribution in [2.24, 2.45) is 0 Å². The molecule has 0 amide bonds. The van der Waals surface area contributed by atoms with E-state index in [4.69, 9.17) is 21.1 Å². The molecule has 0 spiro atoms. The van der Waals surface area contributed by atoms with Crippen LogP contribution in [0.25, 0.3) is 4.96 Å². The predicted molar refractivity (Wildman–Crippen MR) is 84.0 cm³/mol. The molecule has 0 aliphatic heterocycles. The summed E-state index contributed by atoms with van der Waals surface area (Å²) < 4.78 is 12.0. The number of benzene rings is 1. The first-order chi connectivity index (χ1) is 10.7. The Labute approximate surface area is 134 Å². The molecule has 0 atom stereocenters. The summed E-state index contributed by atoms with van der Waals surface area (Å²) in [5, 5.41) is 4.86. The van der Waals surface area contributed by atoms with E-state index in [2.05, 4.69) is 10.1 Å². The number of ether oxygens (including phenoxy) is 2. The summed E-state index contributed by atoms with van der Waals surface area (Å²) >= 11 is 7.01. The van der Waals surface area contributed by atoms with Crippen LogP contribution in [0.15, 0.2) is 35.1 Å². The zero-order valence-corrected chi connectivity index (χ0v) is 13.2. The molecule has 2 aromatic heterocycles. The Morgan fingerprint density at radius 1 is 1.32 bits per heavy atom. The van der Waals surface area contributed by atoms with Crippen molar-refractivity contribution in [3.05, 3.63) is 51.4 Å². The second-order valence-corrected chi connectivity index (χ2v) is 5.68. The highest BCUT2D eigenvalue weighted by molar-refractivity contribution is 7.16. The van der Waals surface area contributed by atoms with Crippen LogP contribution in [0.1, 0.15) is 10.7 Å². The van der Waals surface area contributed by atoms with Gasteiger partial charge in [0.2, 0.25) is 4.96 Å². The molecule has 2 heterocycles. The van der Waals surface area contributed by atoms with Crippen LogP contribution in [0.4, 0.5) is 0 Å². The smallest absolute Gasteiger partial charge is 0.275 e. The van der Waals surface area contributed by atoms with E-state index in [1.54, 1.807) is 13.2 Å². The zero-order chi connectivity index (χ0) is 15.5. The van der Waals surface area contributed by atoms with E-state index < -0.39 is 0 Å². The Kier molecular flexibility index (Phi) is 4.26. The van der Waals surface area contributed by atoms with Crippen LogP contribution in [0.3, 0.4) is 0 Å². The number of hydrogen-bond acceptors (Lipinski definition) is 6. The summed E-state index contributed by atoms with van der Waals surface area (Å²) in [5.74, 6) is 1.58. The van der Waals surface area contributed by atoms with Gasteiger partial charge < -0.3 is 9.47 Å². The van der Waals surface area contributed by atoms with Crippen molar-refractivity contribution in [1.82, 2.24) is 14.6 Å². The lowest BCUT2D eigenvalue weighted by Crippen LogP contribution is -2.15. The Hall–Kier alpha value is -2.12. The number of halogens is 1. The fourth-order valence-electron chi connectivity index (χ4n) is 1.86. The van der Waals surface area contributed by atoms with Gasteiger partial charge in [-0.3, -0.25) is 4.79 Å². The monoisotopic (exact) mass is 337 g/mol. The number of methoxy groups -OCH3 is 1. The molecule has 0 aliphatic rings. The van der Waals surface area contributed by atoms with E-state index in [1.165, 1.54) is 21.9 Å². The summed E-state index contributed by atoms with van der Waals surface area (Å²) in [6.45, 7) is 0.247. The molecule has 1 aromatic carbocycles. The fraction of sp³-hybridized carbons (Fsp3) is 0.214. The van der Waals surface area contributed by atoms with Crippen molar-refractivity contribution in [3.8, 4) is 11.5 Å². The molecule has 0 unspecified atom stereocenters. The van der Waals surface area contributed by atoms with E-state index in [1.807, 2.05) is 18.2 Å². The first-order valence-electron chi connectivity index (χ1n) is 6.41. The van der Waals surface area contributed by atoms with Crippen LogP contribution in [0.5, 0.6) is 11.5 Å². The average molecular weight is 338 g/mol. The molecule has 0 radical (unpaired) electrons. The van der Waals surface area contributed by atoms with Gasteiger partial charge in [0.05, 0.1) is 18.7 Å². The zero-order valence-electron chi connectivity index (χ0n) is 11.7. The topological polar surface area (TPSA) is 65.7 Å². The maximum Gasteiger partial charge on any atom is 0.275 e. The highest BCUT2D eigenvalue weighted by Crippen LogP contribution is 2.21. The van der Waals surface area contributed by atoms with Gasteiger partial charge >= 0.3 is 0 Å². The van der Waals surface area contributed by atoms with Gasteiger partial charge in [-0.2, -0.15) is 9.61 Å². The normalized spacial score (nSPS) is 10.8. The van der Waals surface area contributed by atoms with Crippen molar-refractivity contribution < 1.29 is 9.47 Å². The van der Waals surface area contributed by atoms with Crippen LogP contribution < -0.4 is 15.0 Å². The molecule has 0 fully saturated rings. The maximum absolute atomic E-state index is 11.9. The van der Waals surface area contributed by atoms with E-state index in [0.29, 0.717) is 27.2 Å². The van der Waals surface area contributed by atoms with Gasteiger partial charge in [0.1, 0.15) is 18.1 Å². The molecule has 6 nitrogen and oxygen atoms in total. The molecule has 114 valence electrons. The van der Waals surface area contributed by atoms with Crippen molar-refractivity contribution in [3.63, 3.8) is 0 Å². The second-order valence-electron chi connectivity index (χ2n) is 4.38. The van der Waals surface area contributed by atoms with Crippen molar-refractivity contribution >= 4 is 27.9 Å². The Morgan fingerprint density at radius 2 is 2.14 bits per heavy atom. The minimum atomic E-state index is -0.246. The molecule has 0 saturated heterocycles. The van der Waals surface area contributed by atoms with Crippen LogP contribution >= 0.6 is 22.9 Å². The van der Waals surface area contributed by atoms with Crippen LogP contribution in [-0.2, 0) is 12.5 Å². The lowest BCUT2D eigenvalue weighted by molar-refractivity contribution is 0.301.